The standard InChI is InChI=1S/C13H10BrClF2N2/c14-12-2-1-8(15)5-11(12)13(19-18)7-3-9(16)6-10(17)4-7/h1-6,13,19H,18H2. The van der Waals surface area contributed by atoms with Crippen LogP contribution in [0.15, 0.2) is 40.9 Å². The van der Waals surface area contributed by atoms with E-state index in [0.29, 0.717) is 16.1 Å². The lowest BCUT2D eigenvalue weighted by molar-refractivity contribution is 0.565. The zero-order valence-corrected chi connectivity index (χ0v) is 12.0. The third-order valence-electron chi connectivity index (χ3n) is 2.65. The first-order valence-corrected chi connectivity index (χ1v) is 6.55. The molecule has 0 radical (unpaired) electrons. The smallest absolute Gasteiger partial charge is 0.126 e. The van der Waals surface area contributed by atoms with E-state index in [2.05, 4.69) is 21.4 Å². The monoisotopic (exact) mass is 346 g/mol. The van der Waals surface area contributed by atoms with Gasteiger partial charge in [0.2, 0.25) is 0 Å². The number of halogens is 4. The Morgan fingerprint density at radius 1 is 1.11 bits per heavy atom. The van der Waals surface area contributed by atoms with Crippen LogP contribution in [0.3, 0.4) is 0 Å². The van der Waals surface area contributed by atoms with Gasteiger partial charge in [0, 0.05) is 15.6 Å². The molecular weight excluding hydrogens is 338 g/mol. The molecule has 3 N–H and O–H groups in total. The van der Waals surface area contributed by atoms with Crippen LogP contribution in [0.4, 0.5) is 8.78 Å². The number of nitrogens with two attached hydrogens (primary N) is 1. The highest BCUT2D eigenvalue weighted by Crippen LogP contribution is 2.31. The number of hydrogen-bond donors (Lipinski definition) is 2. The van der Waals surface area contributed by atoms with Crippen molar-refractivity contribution < 1.29 is 8.78 Å². The van der Waals surface area contributed by atoms with E-state index in [1.54, 1.807) is 18.2 Å². The first-order valence-electron chi connectivity index (χ1n) is 5.38. The Morgan fingerprint density at radius 2 is 1.74 bits per heavy atom. The maximum absolute atomic E-state index is 13.3. The van der Waals surface area contributed by atoms with E-state index in [-0.39, 0.29) is 0 Å². The van der Waals surface area contributed by atoms with Gasteiger partial charge in [-0.15, -0.1) is 0 Å². The predicted octanol–water partition coefficient (Wildman–Crippen LogP) is 3.93. The van der Waals surface area contributed by atoms with Gasteiger partial charge in [-0.2, -0.15) is 0 Å². The lowest BCUT2D eigenvalue weighted by atomic mass is 9.99. The molecule has 2 aromatic carbocycles. The molecule has 1 atom stereocenters. The van der Waals surface area contributed by atoms with E-state index < -0.39 is 17.7 Å². The van der Waals surface area contributed by atoms with Crippen LogP contribution in [0.5, 0.6) is 0 Å². The molecule has 2 nitrogen and oxygen atoms in total. The summed E-state index contributed by atoms with van der Waals surface area (Å²) in [5, 5.41) is 0.510. The first kappa shape index (κ1) is 14.4. The summed E-state index contributed by atoms with van der Waals surface area (Å²) in [5.41, 5.74) is 3.61. The Bertz CT molecular complexity index is 587. The second-order valence-electron chi connectivity index (χ2n) is 3.97. The van der Waals surface area contributed by atoms with E-state index in [1.165, 1.54) is 12.1 Å². The second kappa shape index (κ2) is 5.96. The number of hydrogen-bond acceptors (Lipinski definition) is 2. The van der Waals surface area contributed by atoms with Crippen molar-refractivity contribution in [2.75, 3.05) is 0 Å². The summed E-state index contributed by atoms with van der Waals surface area (Å²) in [7, 11) is 0. The quantitative estimate of drug-likeness (QED) is 0.652. The average molecular weight is 348 g/mol. The molecule has 1 unspecified atom stereocenters. The largest absolute Gasteiger partial charge is 0.271 e. The Kier molecular flexibility index (Phi) is 4.52. The fourth-order valence-electron chi connectivity index (χ4n) is 1.84. The minimum atomic E-state index is -0.659. The van der Waals surface area contributed by atoms with Gasteiger partial charge in [-0.05, 0) is 41.5 Å². The summed E-state index contributed by atoms with van der Waals surface area (Å²) in [6.07, 6.45) is 0. The topological polar surface area (TPSA) is 38.0 Å². The van der Waals surface area contributed by atoms with Crippen LogP contribution in [-0.4, -0.2) is 0 Å². The van der Waals surface area contributed by atoms with Crippen molar-refractivity contribution in [1.82, 2.24) is 5.43 Å². The lowest BCUT2D eigenvalue weighted by Crippen LogP contribution is -2.29. The van der Waals surface area contributed by atoms with E-state index in [9.17, 15) is 8.78 Å². The molecule has 0 aliphatic heterocycles. The minimum absolute atomic E-state index is 0.378. The van der Waals surface area contributed by atoms with Gasteiger partial charge in [-0.3, -0.25) is 5.84 Å². The van der Waals surface area contributed by atoms with Gasteiger partial charge in [-0.1, -0.05) is 27.5 Å². The van der Waals surface area contributed by atoms with Gasteiger partial charge < -0.3 is 0 Å². The summed E-state index contributed by atoms with van der Waals surface area (Å²) in [6, 6.07) is 7.82. The van der Waals surface area contributed by atoms with Crippen LogP contribution in [0, 0.1) is 11.6 Å². The van der Waals surface area contributed by atoms with E-state index in [0.717, 1.165) is 10.5 Å². The summed E-state index contributed by atoms with van der Waals surface area (Å²) in [6.45, 7) is 0. The zero-order valence-electron chi connectivity index (χ0n) is 9.63. The molecule has 2 rings (SSSR count). The van der Waals surface area contributed by atoms with Crippen LogP contribution < -0.4 is 11.3 Å². The summed E-state index contributed by atoms with van der Waals surface area (Å²) in [4.78, 5) is 0. The summed E-state index contributed by atoms with van der Waals surface area (Å²) < 4.78 is 27.3. The molecular formula is C13H10BrClF2N2. The van der Waals surface area contributed by atoms with Crippen LogP contribution in [0.2, 0.25) is 5.02 Å². The van der Waals surface area contributed by atoms with Crippen molar-refractivity contribution >= 4 is 27.5 Å². The van der Waals surface area contributed by atoms with Crippen LogP contribution >= 0.6 is 27.5 Å². The van der Waals surface area contributed by atoms with Crippen molar-refractivity contribution in [3.05, 3.63) is 68.7 Å². The summed E-state index contributed by atoms with van der Waals surface area (Å²) in [5.74, 6) is 4.18. The molecule has 0 amide bonds. The van der Waals surface area contributed by atoms with Gasteiger partial charge in [0.05, 0.1) is 6.04 Å². The van der Waals surface area contributed by atoms with Crippen LogP contribution in [0.25, 0.3) is 0 Å². The fraction of sp³-hybridized carbons (Fsp3) is 0.0769. The third kappa shape index (κ3) is 3.30. The Labute approximate surface area is 122 Å². The summed E-state index contributed by atoms with van der Waals surface area (Å²) >= 11 is 9.29. The second-order valence-corrected chi connectivity index (χ2v) is 5.26. The van der Waals surface area contributed by atoms with Gasteiger partial charge >= 0.3 is 0 Å². The van der Waals surface area contributed by atoms with E-state index in [1.807, 2.05) is 0 Å². The van der Waals surface area contributed by atoms with E-state index in [4.69, 9.17) is 17.4 Å². The molecule has 6 heteroatoms. The molecule has 19 heavy (non-hydrogen) atoms. The van der Waals surface area contributed by atoms with Crippen LogP contribution in [-0.2, 0) is 0 Å². The molecule has 0 fully saturated rings. The molecule has 100 valence electrons. The highest BCUT2D eigenvalue weighted by molar-refractivity contribution is 9.10. The van der Waals surface area contributed by atoms with Gasteiger partial charge in [0.15, 0.2) is 0 Å². The molecule has 2 aromatic rings. The third-order valence-corrected chi connectivity index (χ3v) is 3.61. The first-order chi connectivity index (χ1) is 9.01. The molecule has 0 bridgehead atoms. The number of hydrazine groups is 1. The maximum Gasteiger partial charge on any atom is 0.126 e. The van der Waals surface area contributed by atoms with Gasteiger partial charge in [-0.25, -0.2) is 14.2 Å². The Morgan fingerprint density at radius 3 is 2.32 bits per heavy atom. The molecule has 0 spiro atoms. The molecule has 0 aliphatic rings. The molecule has 0 aliphatic carbocycles. The highest BCUT2D eigenvalue weighted by Gasteiger charge is 2.17. The fourth-order valence-corrected chi connectivity index (χ4v) is 2.50. The SMILES string of the molecule is NNC(c1cc(F)cc(F)c1)c1cc(Cl)ccc1Br. The Hall–Kier alpha value is -1.01. The minimum Gasteiger partial charge on any atom is -0.271 e. The van der Waals surface area contributed by atoms with Crippen molar-refractivity contribution in [2.24, 2.45) is 5.84 Å². The van der Waals surface area contributed by atoms with Gasteiger partial charge in [0.25, 0.3) is 0 Å². The van der Waals surface area contributed by atoms with Crippen LogP contribution in [0.1, 0.15) is 17.2 Å². The predicted molar refractivity (Wildman–Crippen MR) is 74.7 cm³/mol. The highest BCUT2D eigenvalue weighted by atomic mass is 79.9. The van der Waals surface area contributed by atoms with Crippen molar-refractivity contribution in [3.8, 4) is 0 Å². The maximum atomic E-state index is 13.3. The average Bonchev–Trinajstić information content (AvgIpc) is 2.33. The Balaban J connectivity index is 2.52. The molecule has 0 heterocycles. The van der Waals surface area contributed by atoms with Crippen molar-refractivity contribution in [3.63, 3.8) is 0 Å². The van der Waals surface area contributed by atoms with Crippen molar-refractivity contribution in [1.29, 1.82) is 0 Å². The van der Waals surface area contributed by atoms with Crippen molar-refractivity contribution in [2.45, 2.75) is 6.04 Å². The number of benzene rings is 2. The number of nitrogens with one attached hydrogen (secondary N) is 1. The molecule has 0 saturated heterocycles. The van der Waals surface area contributed by atoms with Gasteiger partial charge in [0.1, 0.15) is 11.6 Å². The molecule has 0 saturated carbocycles. The normalized spacial score (nSPS) is 12.5. The van der Waals surface area contributed by atoms with E-state index >= 15 is 0 Å². The zero-order chi connectivity index (χ0) is 14.0. The molecule has 0 aromatic heterocycles. The number of rotatable bonds is 3. The lowest BCUT2D eigenvalue weighted by Gasteiger charge is -2.19.